The predicted octanol–water partition coefficient (Wildman–Crippen LogP) is 5.89. The number of Topliss-reactive ketones (excluding diaryl/α,β-unsaturated/α-hetero) is 2. The highest BCUT2D eigenvalue weighted by molar-refractivity contribution is 6.01. The van der Waals surface area contributed by atoms with Crippen molar-refractivity contribution in [2.24, 2.45) is 57.2 Å². The van der Waals surface area contributed by atoms with Crippen molar-refractivity contribution >= 4 is 23.1 Å². The molecule has 6 nitrogen and oxygen atoms in total. The molecule has 0 aromatic rings. The highest BCUT2D eigenvalue weighted by Gasteiger charge is 2.63. The molecule has 0 heterocycles. The van der Waals surface area contributed by atoms with Gasteiger partial charge in [0, 0.05) is 41.4 Å². The average molecular weight is 603 g/mol. The number of aliphatic hydroxyl groups is 2. The minimum atomic E-state index is -0.458. The monoisotopic (exact) mass is 602 g/mol. The molecular formula is C38H50O6. The van der Waals surface area contributed by atoms with Crippen LogP contribution >= 0.6 is 0 Å². The van der Waals surface area contributed by atoms with Crippen molar-refractivity contribution < 1.29 is 29.4 Å². The Kier molecular flexibility index (Phi) is 7.04. The third-order valence-electron chi connectivity index (χ3n) is 14.8. The van der Waals surface area contributed by atoms with E-state index in [0.717, 1.165) is 44.9 Å². The Morgan fingerprint density at radius 2 is 1.18 bits per heavy atom. The quantitative estimate of drug-likeness (QED) is 0.358. The standard InChI is InChI=1S/C19H26O3.C19H24O3/c2*1-18-8-7-12(20)9-11(18)3-4-13-14-5-6-16(22)19(14,2)10-15(21)17(13)18/h9,13-15,17,21H,3-8,10H2,1-2H3;7-9,13-15,17,21H,3-6,10H2,1-2H3/t2*13-,14-,15-,17+,18-,19-/m00/s1. The number of carbonyl (C=O) groups is 4. The average Bonchev–Trinajstić information content (AvgIpc) is 3.43. The van der Waals surface area contributed by atoms with Gasteiger partial charge in [-0.2, -0.15) is 0 Å². The predicted molar refractivity (Wildman–Crippen MR) is 166 cm³/mol. The van der Waals surface area contributed by atoms with Crippen LogP contribution in [-0.2, 0) is 19.2 Å². The highest BCUT2D eigenvalue weighted by atomic mass is 16.3. The maximum absolute atomic E-state index is 12.4. The molecular weight excluding hydrogens is 552 g/mol. The summed E-state index contributed by atoms with van der Waals surface area (Å²) >= 11 is 0. The molecule has 2 N–H and O–H groups in total. The van der Waals surface area contributed by atoms with Crippen LogP contribution in [0.1, 0.15) is 105 Å². The lowest BCUT2D eigenvalue weighted by Gasteiger charge is -2.58. The van der Waals surface area contributed by atoms with Crippen molar-refractivity contribution in [2.45, 2.75) is 117 Å². The first-order valence-corrected chi connectivity index (χ1v) is 17.3. The molecule has 6 fully saturated rings. The zero-order valence-corrected chi connectivity index (χ0v) is 26.9. The molecule has 6 saturated carbocycles. The van der Waals surface area contributed by atoms with Crippen molar-refractivity contribution in [1.29, 1.82) is 0 Å². The molecule has 0 amide bonds. The topological polar surface area (TPSA) is 109 Å². The largest absolute Gasteiger partial charge is 0.393 e. The summed E-state index contributed by atoms with van der Waals surface area (Å²) in [4.78, 5) is 48.3. The molecule has 8 aliphatic carbocycles. The summed E-state index contributed by atoms with van der Waals surface area (Å²) in [7, 11) is 0. The van der Waals surface area contributed by atoms with Gasteiger partial charge in [-0.15, -0.1) is 0 Å². The molecule has 0 aromatic heterocycles. The summed E-state index contributed by atoms with van der Waals surface area (Å²) in [5, 5.41) is 21.8. The number of rotatable bonds is 0. The number of carbonyl (C=O) groups excluding carboxylic acids is 4. The van der Waals surface area contributed by atoms with Crippen molar-refractivity contribution in [1.82, 2.24) is 0 Å². The van der Waals surface area contributed by atoms with Gasteiger partial charge in [0.2, 0.25) is 0 Å². The summed E-state index contributed by atoms with van der Waals surface area (Å²) in [6.07, 6.45) is 16.4. The molecule has 0 aromatic carbocycles. The number of hydrogen-bond acceptors (Lipinski definition) is 6. The van der Waals surface area contributed by atoms with Crippen molar-refractivity contribution in [3.63, 3.8) is 0 Å². The second-order valence-electron chi connectivity index (χ2n) is 16.7. The molecule has 0 unspecified atom stereocenters. The summed E-state index contributed by atoms with van der Waals surface area (Å²) < 4.78 is 0. The normalized spacial score (nSPS) is 50.6. The van der Waals surface area contributed by atoms with E-state index in [0.29, 0.717) is 67.3 Å². The van der Waals surface area contributed by atoms with Crippen LogP contribution in [0.3, 0.4) is 0 Å². The van der Waals surface area contributed by atoms with Gasteiger partial charge in [-0.3, -0.25) is 19.2 Å². The Hall–Kier alpha value is -2.18. The van der Waals surface area contributed by atoms with Crippen LogP contribution in [0.5, 0.6) is 0 Å². The van der Waals surface area contributed by atoms with E-state index >= 15 is 0 Å². The molecule has 12 atom stereocenters. The highest BCUT2D eigenvalue weighted by Crippen LogP contribution is 2.65. The van der Waals surface area contributed by atoms with Crippen LogP contribution in [0.4, 0.5) is 0 Å². The van der Waals surface area contributed by atoms with Crippen LogP contribution in [0.2, 0.25) is 0 Å². The molecule has 44 heavy (non-hydrogen) atoms. The molecule has 0 spiro atoms. The number of ketones is 4. The number of allylic oxidation sites excluding steroid dienone is 5. The van der Waals surface area contributed by atoms with E-state index in [1.807, 2.05) is 12.2 Å². The first-order valence-electron chi connectivity index (χ1n) is 17.3. The van der Waals surface area contributed by atoms with Gasteiger partial charge in [0.05, 0.1) is 12.2 Å². The summed E-state index contributed by atoms with van der Waals surface area (Å²) in [6, 6.07) is 0. The van der Waals surface area contributed by atoms with E-state index in [1.54, 1.807) is 12.2 Å². The second kappa shape index (κ2) is 10.2. The first-order chi connectivity index (χ1) is 20.7. The minimum absolute atomic E-state index is 0.0385. The molecule has 6 heteroatoms. The number of hydrogen-bond donors (Lipinski definition) is 2. The van der Waals surface area contributed by atoms with Crippen LogP contribution in [-0.4, -0.2) is 45.6 Å². The minimum Gasteiger partial charge on any atom is -0.393 e. The van der Waals surface area contributed by atoms with E-state index in [1.165, 1.54) is 11.1 Å². The van der Waals surface area contributed by atoms with Crippen molar-refractivity contribution in [3.05, 3.63) is 35.5 Å². The van der Waals surface area contributed by atoms with Gasteiger partial charge < -0.3 is 10.2 Å². The van der Waals surface area contributed by atoms with Crippen molar-refractivity contribution in [3.8, 4) is 0 Å². The van der Waals surface area contributed by atoms with E-state index in [4.69, 9.17) is 0 Å². The fourth-order valence-corrected chi connectivity index (χ4v) is 12.6. The smallest absolute Gasteiger partial charge is 0.178 e. The summed E-state index contributed by atoms with van der Waals surface area (Å²) in [6.45, 7) is 8.58. The lowest BCUT2D eigenvalue weighted by molar-refractivity contribution is -0.147. The van der Waals surface area contributed by atoms with Crippen LogP contribution in [0.15, 0.2) is 35.5 Å². The van der Waals surface area contributed by atoms with E-state index < -0.39 is 12.2 Å². The van der Waals surface area contributed by atoms with Gasteiger partial charge in [0.1, 0.15) is 11.6 Å². The zero-order valence-electron chi connectivity index (χ0n) is 26.9. The summed E-state index contributed by atoms with van der Waals surface area (Å²) in [5.41, 5.74) is 1.55. The third-order valence-corrected chi connectivity index (χ3v) is 14.8. The Morgan fingerprint density at radius 1 is 0.636 bits per heavy atom. The van der Waals surface area contributed by atoms with Crippen molar-refractivity contribution in [2.75, 3.05) is 0 Å². The lowest BCUT2D eigenvalue weighted by Crippen LogP contribution is -2.56. The van der Waals surface area contributed by atoms with Gasteiger partial charge in [-0.25, -0.2) is 0 Å². The Labute approximate surface area is 261 Å². The van der Waals surface area contributed by atoms with Crippen LogP contribution in [0.25, 0.3) is 0 Å². The SMILES string of the molecule is C[C@]12C=CC(=O)C=C1CC[C@@H]1[C@@H]2[C@@H](O)C[C@]2(C)C(=O)CC[C@@H]12.C[C@]12CCC(=O)C=C1CC[C@@H]1[C@@H]2[C@@H](O)C[C@]2(C)C(=O)CC[C@@H]12. The van der Waals surface area contributed by atoms with E-state index in [2.05, 4.69) is 27.7 Å². The Balaban J connectivity index is 0.000000142. The Bertz CT molecular complexity index is 1400. The molecule has 0 saturated heterocycles. The zero-order chi connectivity index (χ0) is 31.4. The van der Waals surface area contributed by atoms with Gasteiger partial charge in [-0.05, 0) is 111 Å². The van der Waals surface area contributed by atoms with E-state index in [9.17, 15) is 29.4 Å². The van der Waals surface area contributed by atoms with E-state index in [-0.39, 0.29) is 45.1 Å². The van der Waals surface area contributed by atoms with Gasteiger partial charge in [0.15, 0.2) is 11.6 Å². The third kappa shape index (κ3) is 4.18. The molecule has 0 bridgehead atoms. The molecule has 0 aliphatic heterocycles. The molecule has 238 valence electrons. The summed E-state index contributed by atoms with van der Waals surface area (Å²) in [5.74, 6) is 3.05. The Morgan fingerprint density at radius 3 is 1.80 bits per heavy atom. The maximum Gasteiger partial charge on any atom is 0.178 e. The maximum atomic E-state index is 12.4. The second-order valence-corrected chi connectivity index (χ2v) is 16.7. The molecule has 8 aliphatic rings. The van der Waals surface area contributed by atoms with Gasteiger partial charge >= 0.3 is 0 Å². The first kappa shape index (κ1) is 30.5. The molecule has 8 rings (SSSR count). The number of fused-ring (bicyclic) bond motifs is 10. The van der Waals surface area contributed by atoms with Gasteiger partial charge in [-0.1, -0.05) is 44.9 Å². The number of aliphatic hydroxyl groups excluding tert-OH is 2. The fraction of sp³-hybridized carbons (Fsp3) is 0.737. The molecule has 0 radical (unpaired) electrons. The lowest BCUT2D eigenvalue weighted by atomic mass is 9.46. The van der Waals surface area contributed by atoms with Crippen LogP contribution in [0, 0.1) is 57.2 Å². The fourth-order valence-electron chi connectivity index (χ4n) is 12.6. The van der Waals surface area contributed by atoms with Gasteiger partial charge in [0.25, 0.3) is 0 Å². The van der Waals surface area contributed by atoms with Crippen LogP contribution < -0.4 is 0 Å².